The van der Waals surface area contributed by atoms with Crippen LogP contribution in [0.2, 0.25) is 0 Å². The Morgan fingerprint density at radius 3 is 2.89 bits per heavy atom. The molecule has 0 radical (unpaired) electrons. The molecule has 0 saturated heterocycles. The largest absolute Gasteiger partial charge is 0.487 e. The highest BCUT2D eigenvalue weighted by Crippen LogP contribution is 2.35. The molecular formula is C16H25NO. The van der Waals surface area contributed by atoms with Crippen molar-refractivity contribution in [3.8, 4) is 5.75 Å². The molecule has 1 aliphatic rings. The van der Waals surface area contributed by atoms with Crippen molar-refractivity contribution in [2.45, 2.75) is 52.1 Å². The van der Waals surface area contributed by atoms with Crippen molar-refractivity contribution < 1.29 is 4.74 Å². The van der Waals surface area contributed by atoms with Crippen molar-refractivity contribution in [3.05, 3.63) is 29.3 Å². The third kappa shape index (κ3) is 3.49. The zero-order chi connectivity index (χ0) is 13.0. The molecule has 1 heterocycles. The molecule has 1 aromatic rings. The lowest BCUT2D eigenvalue weighted by Gasteiger charge is -2.16. The SMILES string of the molecule is CCNCCCCc1ccc2c(c1)CC(C)(C)O2. The van der Waals surface area contributed by atoms with E-state index in [9.17, 15) is 0 Å². The summed E-state index contributed by atoms with van der Waals surface area (Å²) in [6.07, 6.45) is 4.73. The average Bonchev–Trinajstić information content (AvgIpc) is 2.62. The molecule has 0 aromatic heterocycles. The highest BCUT2D eigenvalue weighted by Gasteiger charge is 2.29. The molecule has 0 amide bonds. The molecule has 1 aliphatic heterocycles. The number of hydrogen-bond donors (Lipinski definition) is 1. The van der Waals surface area contributed by atoms with Gasteiger partial charge < -0.3 is 10.1 Å². The quantitative estimate of drug-likeness (QED) is 0.779. The van der Waals surface area contributed by atoms with Crippen LogP contribution in [0.4, 0.5) is 0 Å². The van der Waals surface area contributed by atoms with E-state index in [1.807, 2.05) is 0 Å². The smallest absolute Gasteiger partial charge is 0.123 e. The van der Waals surface area contributed by atoms with Crippen LogP contribution in [0.25, 0.3) is 0 Å². The van der Waals surface area contributed by atoms with Gasteiger partial charge in [0.15, 0.2) is 0 Å². The first-order valence-corrected chi connectivity index (χ1v) is 7.12. The predicted octanol–water partition coefficient (Wildman–Crippen LogP) is 3.33. The standard InChI is InChI=1S/C16H25NO/c1-4-17-10-6-5-7-13-8-9-15-14(11-13)12-16(2,3)18-15/h8-9,11,17H,4-7,10,12H2,1-3H3. The number of nitrogens with one attached hydrogen (secondary N) is 1. The summed E-state index contributed by atoms with van der Waals surface area (Å²) in [6.45, 7) is 8.68. The van der Waals surface area contributed by atoms with Crippen LogP contribution >= 0.6 is 0 Å². The molecular weight excluding hydrogens is 222 g/mol. The molecule has 0 unspecified atom stereocenters. The van der Waals surface area contributed by atoms with E-state index in [2.05, 4.69) is 44.3 Å². The highest BCUT2D eigenvalue weighted by atomic mass is 16.5. The van der Waals surface area contributed by atoms with Gasteiger partial charge in [-0.25, -0.2) is 0 Å². The number of aryl methyl sites for hydroxylation is 1. The molecule has 0 aliphatic carbocycles. The number of rotatable bonds is 6. The van der Waals surface area contributed by atoms with Gasteiger partial charge in [0.2, 0.25) is 0 Å². The summed E-state index contributed by atoms with van der Waals surface area (Å²) in [7, 11) is 0. The topological polar surface area (TPSA) is 21.3 Å². The Morgan fingerprint density at radius 1 is 1.28 bits per heavy atom. The van der Waals surface area contributed by atoms with Crippen molar-refractivity contribution in [1.82, 2.24) is 5.32 Å². The number of hydrogen-bond acceptors (Lipinski definition) is 2. The third-order valence-corrected chi connectivity index (χ3v) is 3.45. The van der Waals surface area contributed by atoms with Gasteiger partial charge in [0, 0.05) is 6.42 Å². The monoisotopic (exact) mass is 247 g/mol. The highest BCUT2D eigenvalue weighted by molar-refractivity contribution is 5.41. The Morgan fingerprint density at radius 2 is 2.11 bits per heavy atom. The maximum atomic E-state index is 5.90. The Hall–Kier alpha value is -1.02. The molecule has 2 heteroatoms. The molecule has 18 heavy (non-hydrogen) atoms. The molecule has 0 saturated carbocycles. The maximum absolute atomic E-state index is 5.90. The van der Waals surface area contributed by atoms with E-state index >= 15 is 0 Å². The lowest BCUT2D eigenvalue weighted by Crippen LogP contribution is -2.24. The summed E-state index contributed by atoms with van der Waals surface area (Å²) in [5, 5.41) is 3.37. The molecule has 100 valence electrons. The number of unbranched alkanes of at least 4 members (excludes halogenated alkanes) is 1. The van der Waals surface area contributed by atoms with E-state index in [0.717, 1.165) is 25.3 Å². The van der Waals surface area contributed by atoms with Gasteiger partial charge in [-0.15, -0.1) is 0 Å². The van der Waals surface area contributed by atoms with E-state index in [1.54, 1.807) is 0 Å². The first-order valence-electron chi connectivity index (χ1n) is 7.12. The lowest BCUT2D eigenvalue weighted by atomic mass is 9.98. The Kier molecular flexibility index (Phi) is 4.28. The van der Waals surface area contributed by atoms with Crippen molar-refractivity contribution in [1.29, 1.82) is 0 Å². The van der Waals surface area contributed by atoms with Crippen LogP contribution in [0.15, 0.2) is 18.2 Å². The lowest BCUT2D eigenvalue weighted by molar-refractivity contribution is 0.138. The minimum absolute atomic E-state index is 0.0218. The van der Waals surface area contributed by atoms with Gasteiger partial charge in [-0.05, 0) is 63.4 Å². The second-order valence-electron chi connectivity index (χ2n) is 5.79. The molecule has 2 nitrogen and oxygen atoms in total. The molecule has 1 aromatic carbocycles. The second kappa shape index (κ2) is 5.75. The van der Waals surface area contributed by atoms with E-state index < -0.39 is 0 Å². The first-order chi connectivity index (χ1) is 8.61. The molecule has 0 fully saturated rings. The van der Waals surface area contributed by atoms with Gasteiger partial charge in [-0.2, -0.15) is 0 Å². The predicted molar refractivity (Wildman–Crippen MR) is 76.3 cm³/mol. The van der Waals surface area contributed by atoms with Gasteiger partial charge in [0.1, 0.15) is 11.4 Å². The summed E-state index contributed by atoms with van der Waals surface area (Å²) >= 11 is 0. The Labute approximate surface area is 111 Å². The Balaban J connectivity index is 1.85. The fourth-order valence-electron chi connectivity index (χ4n) is 2.57. The molecule has 1 N–H and O–H groups in total. The van der Waals surface area contributed by atoms with Gasteiger partial charge in [0.05, 0.1) is 0 Å². The fourth-order valence-corrected chi connectivity index (χ4v) is 2.57. The zero-order valence-electron chi connectivity index (χ0n) is 11.9. The fraction of sp³-hybridized carbons (Fsp3) is 0.625. The van der Waals surface area contributed by atoms with Crippen LogP contribution in [0.3, 0.4) is 0 Å². The van der Waals surface area contributed by atoms with Gasteiger partial charge in [-0.1, -0.05) is 19.1 Å². The van der Waals surface area contributed by atoms with E-state index in [-0.39, 0.29) is 5.60 Å². The summed E-state index contributed by atoms with van der Waals surface area (Å²) in [4.78, 5) is 0. The zero-order valence-corrected chi connectivity index (χ0v) is 11.9. The summed E-state index contributed by atoms with van der Waals surface area (Å²) in [6, 6.07) is 6.69. The summed E-state index contributed by atoms with van der Waals surface area (Å²) in [5.41, 5.74) is 2.81. The van der Waals surface area contributed by atoms with Crippen LogP contribution in [0.5, 0.6) is 5.75 Å². The van der Waals surface area contributed by atoms with Gasteiger partial charge >= 0.3 is 0 Å². The van der Waals surface area contributed by atoms with Gasteiger partial charge in [0.25, 0.3) is 0 Å². The van der Waals surface area contributed by atoms with Crippen LogP contribution in [0.1, 0.15) is 44.7 Å². The number of fused-ring (bicyclic) bond motifs is 1. The van der Waals surface area contributed by atoms with Gasteiger partial charge in [-0.3, -0.25) is 0 Å². The van der Waals surface area contributed by atoms with Crippen LogP contribution < -0.4 is 10.1 Å². The van der Waals surface area contributed by atoms with Crippen LogP contribution in [0, 0.1) is 0 Å². The number of ether oxygens (including phenoxy) is 1. The second-order valence-corrected chi connectivity index (χ2v) is 5.79. The minimum Gasteiger partial charge on any atom is -0.487 e. The third-order valence-electron chi connectivity index (χ3n) is 3.45. The molecule has 0 spiro atoms. The first kappa shape index (κ1) is 13.4. The summed E-state index contributed by atoms with van der Waals surface area (Å²) < 4.78 is 5.90. The van der Waals surface area contributed by atoms with E-state index in [1.165, 1.54) is 30.4 Å². The van der Waals surface area contributed by atoms with Crippen molar-refractivity contribution >= 4 is 0 Å². The normalized spacial score (nSPS) is 16.4. The molecule has 0 bridgehead atoms. The molecule has 2 rings (SSSR count). The van der Waals surface area contributed by atoms with E-state index in [4.69, 9.17) is 4.74 Å². The average molecular weight is 247 g/mol. The minimum atomic E-state index is -0.0218. The van der Waals surface area contributed by atoms with E-state index in [0.29, 0.717) is 0 Å². The summed E-state index contributed by atoms with van der Waals surface area (Å²) in [5.74, 6) is 1.08. The Bertz CT molecular complexity index is 398. The maximum Gasteiger partial charge on any atom is 0.123 e. The van der Waals surface area contributed by atoms with Crippen LogP contribution in [-0.2, 0) is 12.8 Å². The van der Waals surface area contributed by atoms with Crippen molar-refractivity contribution in [3.63, 3.8) is 0 Å². The van der Waals surface area contributed by atoms with Crippen molar-refractivity contribution in [2.24, 2.45) is 0 Å². The number of benzene rings is 1. The van der Waals surface area contributed by atoms with Crippen LogP contribution in [-0.4, -0.2) is 18.7 Å². The van der Waals surface area contributed by atoms with Crippen molar-refractivity contribution in [2.75, 3.05) is 13.1 Å². The molecule has 0 atom stereocenters.